The van der Waals surface area contributed by atoms with Crippen molar-refractivity contribution in [2.75, 3.05) is 0 Å². The third-order valence-electron chi connectivity index (χ3n) is 10.3. The van der Waals surface area contributed by atoms with Crippen molar-refractivity contribution in [3.63, 3.8) is 0 Å². The molecule has 0 N–H and O–H groups in total. The Morgan fingerprint density at radius 2 is 1.04 bits per heavy atom. The second-order valence-electron chi connectivity index (χ2n) is 13.1. The van der Waals surface area contributed by atoms with Crippen LogP contribution in [-0.2, 0) is 6.42 Å². The summed E-state index contributed by atoms with van der Waals surface area (Å²) < 4.78 is 4.69. The van der Waals surface area contributed by atoms with Crippen molar-refractivity contribution in [3.05, 3.63) is 156 Å². The van der Waals surface area contributed by atoms with E-state index in [0.717, 1.165) is 39.8 Å². The molecule has 0 aliphatic heterocycles. The van der Waals surface area contributed by atoms with Crippen molar-refractivity contribution >= 4 is 87.5 Å². The number of nitrogens with zero attached hydrogens (tertiary/aromatic N) is 4. The van der Waals surface area contributed by atoms with Crippen molar-refractivity contribution < 1.29 is 0 Å². The lowest BCUT2D eigenvalue weighted by molar-refractivity contribution is 1.21. The van der Waals surface area contributed by atoms with E-state index in [1.54, 1.807) is 0 Å². The van der Waals surface area contributed by atoms with Crippen molar-refractivity contribution in [1.29, 1.82) is 0 Å². The lowest BCUT2D eigenvalue weighted by atomic mass is 9.93. The highest BCUT2D eigenvalue weighted by molar-refractivity contribution is 6.24. The summed E-state index contributed by atoms with van der Waals surface area (Å²) in [7, 11) is 0. The molecule has 0 saturated heterocycles. The molecule has 4 nitrogen and oxygen atoms in total. The summed E-state index contributed by atoms with van der Waals surface area (Å²) in [4.78, 5) is 10.3. The van der Waals surface area contributed by atoms with Gasteiger partial charge in [0.15, 0.2) is 0 Å². The van der Waals surface area contributed by atoms with Crippen molar-refractivity contribution in [3.8, 4) is 0 Å². The van der Waals surface area contributed by atoms with E-state index in [-0.39, 0.29) is 0 Å². The van der Waals surface area contributed by atoms with Gasteiger partial charge in [-0.2, -0.15) is 0 Å². The average molecular weight is 613 g/mol. The second-order valence-corrected chi connectivity index (χ2v) is 13.1. The van der Waals surface area contributed by atoms with Gasteiger partial charge < -0.3 is 0 Å². The number of imidazole rings is 2. The van der Waals surface area contributed by atoms with E-state index in [2.05, 4.69) is 155 Å². The van der Waals surface area contributed by atoms with Crippen LogP contribution >= 0.6 is 0 Å². The molecule has 4 heterocycles. The maximum absolute atomic E-state index is 5.17. The zero-order chi connectivity index (χ0) is 31.5. The number of pyridine rings is 2. The molecule has 0 aliphatic carbocycles. The van der Waals surface area contributed by atoms with Gasteiger partial charge in [0, 0.05) is 26.9 Å². The molecule has 0 atom stereocenters. The first-order chi connectivity index (χ1) is 23.7. The quantitative estimate of drug-likeness (QED) is 0.182. The fourth-order valence-corrected chi connectivity index (χ4v) is 8.23. The number of aryl methyl sites for hydroxylation is 1. The highest BCUT2D eigenvalue weighted by Crippen LogP contribution is 2.39. The molecular formula is C44H28N4. The number of hydrogen-bond acceptors (Lipinski definition) is 2. The van der Waals surface area contributed by atoms with E-state index < -0.39 is 0 Å². The van der Waals surface area contributed by atoms with Gasteiger partial charge in [-0.15, -0.1) is 0 Å². The van der Waals surface area contributed by atoms with Crippen LogP contribution < -0.4 is 0 Å². The number of benzene rings is 7. The van der Waals surface area contributed by atoms with Gasteiger partial charge in [0.1, 0.15) is 11.3 Å². The molecule has 4 aromatic heterocycles. The number of fused-ring (bicyclic) bond motifs is 18. The molecule has 0 amide bonds. The standard InChI is InChI=1S/C44H28N4/c1-26-17-19-34-40(23-26)47-38-15-6-5-14-37(38)46-44(47)35-22-21-29-28(9-8-12-32(29)42(34)35)24-27-18-20-31-30-10-2-3-11-33(30)43-45-36-13-4-7-16-39(36)48(43)41(31)25-27/h2-23,25H,24H2,1H3. The van der Waals surface area contributed by atoms with Gasteiger partial charge >= 0.3 is 0 Å². The first-order valence-corrected chi connectivity index (χ1v) is 16.6. The van der Waals surface area contributed by atoms with Gasteiger partial charge in [0.25, 0.3) is 0 Å². The Bertz CT molecular complexity index is 3160. The monoisotopic (exact) mass is 612 g/mol. The van der Waals surface area contributed by atoms with E-state index >= 15 is 0 Å². The fourth-order valence-electron chi connectivity index (χ4n) is 8.23. The highest BCUT2D eigenvalue weighted by atomic mass is 15.0. The second kappa shape index (κ2) is 9.40. The summed E-state index contributed by atoms with van der Waals surface area (Å²) in [6.07, 6.45) is 0.826. The Labute approximate surface area is 275 Å². The van der Waals surface area contributed by atoms with E-state index in [0.29, 0.717) is 0 Å². The van der Waals surface area contributed by atoms with Gasteiger partial charge in [-0.05, 0) is 88.7 Å². The number of rotatable bonds is 2. The minimum Gasteiger partial charge on any atom is -0.292 e. The molecule has 48 heavy (non-hydrogen) atoms. The Morgan fingerprint density at radius 1 is 0.438 bits per heavy atom. The van der Waals surface area contributed by atoms with E-state index in [1.807, 2.05) is 0 Å². The summed E-state index contributed by atoms with van der Waals surface area (Å²) in [5.41, 5.74) is 12.6. The molecule has 0 saturated carbocycles. The van der Waals surface area contributed by atoms with Crippen LogP contribution in [-0.4, -0.2) is 18.8 Å². The van der Waals surface area contributed by atoms with Crippen LogP contribution in [0.4, 0.5) is 0 Å². The van der Waals surface area contributed by atoms with Crippen LogP contribution in [0.3, 0.4) is 0 Å². The summed E-state index contributed by atoms with van der Waals surface area (Å²) >= 11 is 0. The first kappa shape index (κ1) is 25.9. The molecule has 0 radical (unpaired) electrons. The Hall–Kier alpha value is -6.26. The summed E-state index contributed by atoms with van der Waals surface area (Å²) in [6, 6.07) is 50.8. The largest absolute Gasteiger partial charge is 0.292 e. The molecule has 7 aromatic carbocycles. The lowest BCUT2D eigenvalue weighted by Crippen LogP contribution is -1.96. The molecule has 224 valence electrons. The Balaban J connectivity index is 1.17. The van der Waals surface area contributed by atoms with Gasteiger partial charge in [0.2, 0.25) is 0 Å². The number of hydrogen-bond donors (Lipinski definition) is 0. The topological polar surface area (TPSA) is 34.6 Å². The Kier molecular flexibility index (Phi) is 5.07. The molecule has 0 aliphatic rings. The average Bonchev–Trinajstić information content (AvgIpc) is 3.72. The maximum atomic E-state index is 5.17. The normalized spacial score (nSPS) is 12.4. The number of aromatic nitrogens is 4. The van der Waals surface area contributed by atoms with Crippen LogP contribution in [0.15, 0.2) is 140 Å². The third-order valence-corrected chi connectivity index (χ3v) is 10.3. The minimum absolute atomic E-state index is 0.826. The smallest absolute Gasteiger partial charge is 0.146 e. The molecule has 0 fully saturated rings. The molecule has 11 aromatic rings. The minimum atomic E-state index is 0.826. The van der Waals surface area contributed by atoms with E-state index in [9.17, 15) is 0 Å². The molecule has 4 heteroatoms. The molecule has 0 unspecified atom stereocenters. The SMILES string of the molecule is Cc1ccc2c3c4cccc(Cc5ccc6c7ccccc7c7nc8ccccc8n7c6c5)c4ccc3c3nc4ccccc4n3c2c1. The van der Waals surface area contributed by atoms with Gasteiger partial charge in [-0.3, -0.25) is 8.80 Å². The Morgan fingerprint density at radius 3 is 1.83 bits per heavy atom. The summed E-state index contributed by atoms with van der Waals surface area (Å²) in [6.45, 7) is 2.17. The van der Waals surface area contributed by atoms with Gasteiger partial charge in [0.05, 0.1) is 33.1 Å². The van der Waals surface area contributed by atoms with Crippen LogP contribution in [0.25, 0.3) is 87.5 Å². The van der Waals surface area contributed by atoms with Crippen LogP contribution in [0, 0.1) is 6.92 Å². The third kappa shape index (κ3) is 3.44. The number of para-hydroxylation sites is 4. The van der Waals surface area contributed by atoms with Gasteiger partial charge in [-0.1, -0.05) is 97.1 Å². The molecule has 11 rings (SSSR count). The molecule has 0 spiro atoms. The summed E-state index contributed by atoms with van der Waals surface area (Å²) in [5.74, 6) is 0. The fraction of sp³-hybridized carbons (Fsp3) is 0.0455. The van der Waals surface area contributed by atoms with Crippen molar-refractivity contribution in [2.24, 2.45) is 0 Å². The van der Waals surface area contributed by atoms with E-state index in [1.165, 1.54) is 70.8 Å². The first-order valence-electron chi connectivity index (χ1n) is 16.6. The lowest BCUT2D eigenvalue weighted by Gasteiger charge is -2.15. The zero-order valence-electron chi connectivity index (χ0n) is 26.3. The molecular weight excluding hydrogens is 585 g/mol. The van der Waals surface area contributed by atoms with Crippen molar-refractivity contribution in [2.45, 2.75) is 13.3 Å². The van der Waals surface area contributed by atoms with E-state index in [4.69, 9.17) is 9.97 Å². The molecule has 0 bridgehead atoms. The highest BCUT2D eigenvalue weighted by Gasteiger charge is 2.18. The van der Waals surface area contributed by atoms with Crippen LogP contribution in [0.1, 0.15) is 16.7 Å². The predicted molar refractivity (Wildman–Crippen MR) is 200 cm³/mol. The van der Waals surface area contributed by atoms with Gasteiger partial charge in [-0.25, -0.2) is 9.97 Å². The van der Waals surface area contributed by atoms with Crippen molar-refractivity contribution in [1.82, 2.24) is 18.8 Å². The summed E-state index contributed by atoms with van der Waals surface area (Å²) in [5, 5.41) is 9.90. The predicted octanol–water partition coefficient (Wildman–Crippen LogP) is 11.0. The van der Waals surface area contributed by atoms with Crippen LogP contribution in [0.2, 0.25) is 0 Å². The van der Waals surface area contributed by atoms with Crippen LogP contribution in [0.5, 0.6) is 0 Å². The maximum Gasteiger partial charge on any atom is 0.146 e. The zero-order valence-corrected chi connectivity index (χ0v) is 26.3.